The lowest BCUT2D eigenvalue weighted by atomic mass is 10.1. The summed E-state index contributed by atoms with van der Waals surface area (Å²) in [5.41, 5.74) is 2.19. The van der Waals surface area contributed by atoms with E-state index in [-0.39, 0.29) is 43.3 Å². The van der Waals surface area contributed by atoms with Gasteiger partial charge in [0.05, 0.1) is 12.6 Å². The molecule has 0 saturated carbocycles. The highest BCUT2D eigenvalue weighted by atomic mass is 16.3. The Hall–Kier alpha value is -3.09. The van der Waals surface area contributed by atoms with E-state index in [0.29, 0.717) is 11.3 Å². The molecule has 1 aromatic heterocycles. The van der Waals surface area contributed by atoms with Gasteiger partial charge in [-0.25, -0.2) is 4.79 Å². The molecular formula is C20H23N3O4. The van der Waals surface area contributed by atoms with Crippen molar-refractivity contribution in [3.63, 3.8) is 0 Å². The third-order valence-electron chi connectivity index (χ3n) is 4.64. The van der Waals surface area contributed by atoms with Crippen LogP contribution in [-0.2, 0) is 16.1 Å². The number of para-hydroxylation sites is 1. The number of urea groups is 1. The van der Waals surface area contributed by atoms with E-state index in [1.165, 1.54) is 4.90 Å². The Balaban J connectivity index is 1.68. The fourth-order valence-electron chi connectivity index (χ4n) is 3.26. The monoisotopic (exact) mass is 369 g/mol. The molecule has 7 heteroatoms. The number of anilines is 1. The fraction of sp³-hybridized carbons (Fsp3) is 0.350. The fourth-order valence-corrected chi connectivity index (χ4v) is 3.26. The summed E-state index contributed by atoms with van der Waals surface area (Å²) in [6.45, 7) is 5.76. The molecule has 142 valence electrons. The molecule has 2 heterocycles. The van der Waals surface area contributed by atoms with Crippen LogP contribution < -0.4 is 10.6 Å². The topological polar surface area (TPSA) is 91.7 Å². The Bertz CT molecular complexity index is 871. The molecule has 1 aromatic carbocycles. The number of hydrogen-bond donors (Lipinski definition) is 2. The van der Waals surface area contributed by atoms with Gasteiger partial charge in [-0.2, -0.15) is 0 Å². The molecular weight excluding hydrogens is 346 g/mol. The van der Waals surface area contributed by atoms with E-state index < -0.39 is 0 Å². The summed E-state index contributed by atoms with van der Waals surface area (Å²) in [7, 11) is 0. The molecule has 4 amide bonds. The highest BCUT2D eigenvalue weighted by Gasteiger charge is 2.29. The Kier molecular flexibility index (Phi) is 5.30. The van der Waals surface area contributed by atoms with Crippen LogP contribution in [0, 0.1) is 13.8 Å². The summed E-state index contributed by atoms with van der Waals surface area (Å²) < 4.78 is 5.51. The normalized spacial score (nSPS) is 15.1. The molecule has 0 aliphatic carbocycles. The van der Waals surface area contributed by atoms with Gasteiger partial charge in [-0.05, 0) is 38.5 Å². The minimum atomic E-state index is -0.368. The van der Waals surface area contributed by atoms with Crippen molar-refractivity contribution in [1.29, 1.82) is 0 Å². The highest BCUT2D eigenvalue weighted by molar-refractivity contribution is 6.02. The van der Waals surface area contributed by atoms with Crippen LogP contribution in [0.1, 0.15) is 48.5 Å². The predicted octanol–water partition coefficient (Wildman–Crippen LogP) is 3.43. The Morgan fingerprint density at radius 2 is 1.85 bits per heavy atom. The van der Waals surface area contributed by atoms with Gasteiger partial charge < -0.3 is 15.1 Å². The molecule has 0 bridgehead atoms. The molecule has 2 aromatic rings. The number of benzene rings is 1. The van der Waals surface area contributed by atoms with Crippen molar-refractivity contribution in [2.45, 2.75) is 46.2 Å². The van der Waals surface area contributed by atoms with Crippen molar-refractivity contribution in [1.82, 2.24) is 10.2 Å². The van der Waals surface area contributed by atoms with Gasteiger partial charge in [-0.3, -0.25) is 14.5 Å². The van der Waals surface area contributed by atoms with Gasteiger partial charge in [0.15, 0.2) is 0 Å². The largest absolute Gasteiger partial charge is 0.466 e. The van der Waals surface area contributed by atoms with Crippen molar-refractivity contribution < 1.29 is 18.8 Å². The van der Waals surface area contributed by atoms with Crippen molar-refractivity contribution in [2.75, 3.05) is 5.32 Å². The maximum absolute atomic E-state index is 12.4. The van der Waals surface area contributed by atoms with Crippen molar-refractivity contribution in [3.05, 3.63) is 53.0 Å². The number of imide groups is 1. The molecule has 1 fully saturated rings. The van der Waals surface area contributed by atoms with Gasteiger partial charge in [0, 0.05) is 24.1 Å². The van der Waals surface area contributed by atoms with E-state index >= 15 is 0 Å². The van der Waals surface area contributed by atoms with Gasteiger partial charge >= 0.3 is 6.03 Å². The lowest BCUT2D eigenvalue weighted by Crippen LogP contribution is -2.32. The zero-order chi connectivity index (χ0) is 19.6. The second kappa shape index (κ2) is 7.65. The summed E-state index contributed by atoms with van der Waals surface area (Å²) in [5, 5.41) is 5.69. The minimum absolute atomic E-state index is 0.156. The number of amides is 4. The van der Waals surface area contributed by atoms with Crippen LogP contribution in [0.3, 0.4) is 0 Å². The summed E-state index contributed by atoms with van der Waals surface area (Å²) >= 11 is 0. The maximum Gasteiger partial charge on any atom is 0.319 e. The summed E-state index contributed by atoms with van der Waals surface area (Å²) in [5.74, 6) is 1.20. The van der Waals surface area contributed by atoms with Crippen LogP contribution in [0.4, 0.5) is 10.5 Å². The maximum atomic E-state index is 12.4. The zero-order valence-electron chi connectivity index (χ0n) is 15.7. The first-order valence-corrected chi connectivity index (χ1v) is 8.90. The standard InChI is InChI=1S/C20H23N3O4/c1-12-10-16(14(3)27-12)13(2)21-20(26)22-17-7-5-4-6-15(17)11-23-18(24)8-9-19(23)25/h4-7,10,13H,8-9,11H2,1-3H3,(H2,21,22,26). The number of carbonyl (C=O) groups is 3. The molecule has 2 N–H and O–H groups in total. The van der Waals surface area contributed by atoms with Crippen LogP contribution in [0.5, 0.6) is 0 Å². The molecule has 27 heavy (non-hydrogen) atoms. The van der Waals surface area contributed by atoms with Crippen LogP contribution in [0.2, 0.25) is 0 Å². The first-order chi connectivity index (χ1) is 12.8. The highest BCUT2D eigenvalue weighted by Crippen LogP contribution is 2.23. The van der Waals surface area contributed by atoms with Gasteiger partial charge in [0.1, 0.15) is 11.5 Å². The lowest BCUT2D eigenvalue weighted by molar-refractivity contribution is -0.139. The molecule has 7 nitrogen and oxygen atoms in total. The molecule has 0 spiro atoms. The first-order valence-electron chi connectivity index (χ1n) is 8.90. The summed E-state index contributed by atoms with van der Waals surface area (Å²) in [6.07, 6.45) is 0.492. The van der Waals surface area contributed by atoms with Gasteiger partial charge in [-0.1, -0.05) is 18.2 Å². The molecule has 1 aliphatic rings. The van der Waals surface area contributed by atoms with Crippen LogP contribution >= 0.6 is 0 Å². The van der Waals surface area contributed by atoms with E-state index in [1.54, 1.807) is 18.2 Å². The second-order valence-electron chi connectivity index (χ2n) is 6.72. The van der Waals surface area contributed by atoms with E-state index in [0.717, 1.165) is 17.1 Å². The number of nitrogens with zero attached hydrogens (tertiary/aromatic N) is 1. The molecule has 1 unspecified atom stereocenters. The van der Waals surface area contributed by atoms with E-state index in [9.17, 15) is 14.4 Å². The van der Waals surface area contributed by atoms with Gasteiger partial charge in [0.25, 0.3) is 0 Å². The number of rotatable bonds is 5. The third kappa shape index (κ3) is 4.19. The predicted molar refractivity (Wildman–Crippen MR) is 100.0 cm³/mol. The quantitative estimate of drug-likeness (QED) is 0.790. The van der Waals surface area contributed by atoms with Gasteiger partial charge in [-0.15, -0.1) is 0 Å². The van der Waals surface area contributed by atoms with Crippen molar-refractivity contribution in [2.24, 2.45) is 0 Å². The third-order valence-corrected chi connectivity index (χ3v) is 4.64. The van der Waals surface area contributed by atoms with Crippen molar-refractivity contribution >= 4 is 23.5 Å². The molecule has 1 atom stereocenters. The van der Waals surface area contributed by atoms with Crippen LogP contribution in [0.15, 0.2) is 34.7 Å². The Morgan fingerprint density at radius 3 is 2.48 bits per heavy atom. The minimum Gasteiger partial charge on any atom is -0.466 e. The lowest BCUT2D eigenvalue weighted by Gasteiger charge is -2.18. The molecule has 3 rings (SSSR count). The summed E-state index contributed by atoms with van der Waals surface area (Å²) in [6, 6.07) is 8.45. The number of furan rings is 1. The molecule has 1 saturated heterocycles. The average Bonchev–Trinajstić information content (AvgIpc) is 3.11. The molecule has 1 aliphatic heterocycles. The number of likely N-dealkylation sites (tertiary alicyclic amines) is 1. The zero-order valence-corrected chi connectivity index (χ0v) is 15.7. The van der Waals surface area contributed by atoms with Crippen LogP contribution in [0.25, 0.3) is 0 Å². The Morgan fingerprint density at radius 1 is 1.19 bits per heavy atom. The Labute approximate surface area is 157 Å². The van der Waals surface area contributed by atoms with E-state index in [4.69, 9.17) is 4.42 Å². The van der Waals surface area contributed by atoms with E-state index in [1.807, 2.05) is 32.9 Å². The summed E-state index contributed by atoms with van der Waals surface area (Å²) in [4.78, 5) is 37.4. The molecule has 0 radical (unpaired) electrons. The average molecular weight is 369 g/mol. The van der Waals surface area contributed by atoms with E-state index in [2.05, 4.69) is 10.6 Å². The number of nitrogens with one attached hydrogen (secondary N) is 2. The van der Waals surface area contributed by atoms with Crippen LogP contribution in [-0.4, -0.2) is 22.7 Å². The number of carbonyl (C=O) groups excluding carboxylic acids is 3. The number of aryl methyl sites for hydroxylation is 2. The second-order valence-corrected chi connectivity index (χ2v) is 6.72. The van der Waals surface area contributed by atoms with Gasteiger partial charge in [0.2, 0.25) is 11.8 Å². The smallest absolute Gasteiger partial charge is 0.319 e. The first kappa shape index (κ1) is 18.7. The number of hydrogen-bond acceptors (Lipinski definition) is 4. The SMILES string of the molecule is Cc1cc(C(C)NC(=O)Nc2ccccc2CN2C(=O)CCC2=O)c(C)o1. The van der Waals surface area contributed by atoms with Crippen molar-refractivity contribution in [3.8, 4) is 0 Å².